The second-order valence-electron chi connectivity index (χ2n) is 6.55. The molecule has 1 N–H and O–H groups in total. The van der Waals surface area contributed by atoms with Gasteiger partial charge in [0.15, 0.2) is 6.54 Å². The molecule has 2 amide bonds. The number of amides is 2. The minimum absolute atomic E-state index is 0.0635. The zero-order chi connectivity index (χ0) is 18.5. The van der Waals surface area contributed by atoms with Crippen LogP contribution < -0.4 is 4.90 Å². The normalized spacial score (nSPS) is 15.8. The highest BCUT2D eigenvalue weighted by Gasteiger charge is 2.26. The molecular weight excluding hydrogens is 370 g/mol. The minimum Gasteiger partial charge on any atom is -0.334 e. The van der Waals surface area contributed by atoms with E-state index in [1.807, 2.05) is 58.6 Å². The first-order valence-corrected chi connectivity index (χ1v) is 9.95. The molecule has 0 spiro atoms. The summed E-state index contributed by atoms with van der Waals surface area (Å²) in [4.78, 5) is 30.5. The van der Waals surface area contributed by atoms with E-state index in [1.165, 1.54) is 11.3 Å². The zero-order valence-electron chi connectivity index (χ0n) is 14.8. The number of likely N-dealkylation sites (N-methyl/N-ethyl adjacent to an activating group) is 1. The summed E-state index contributed by atoms with van der Waals surface area (Å²) in [5.74, 6) is 0.186. The second kappa shape index (κ2) is 8.66. The average molecular weight is 393 g/mol. The predicted octanol–water partition coefficient (Wildman–Crippen LogP) is 1.40. The molecule has 2 heterocycles. The Kier molecular flexibility index (Phi) is 6.29. The number of hydrogen-bond donors (Lipinski definition) is 1. The summed E-state index contributed by atoms with van der Waals surface area (Å²) in [5, 5.41) is 2.64. The van der Waals surface area contributed by atoms with Crippen LogP contribution in [0.5, 0.6) is 0 Å². The van der Waals surface area contributed by atoms with Crippen molar-refractivity contribution in [3.8, 4) is 0 Å². The molecule has 1 saturated heterocycles. The molecule has 3 rings (SSSR count). The van der Waals surface area contributed by atoms with Crippen molar-refractivity contribution in [3.05, 3.63) is 57.2 Å². The van der Waals surface area contributed by atoms with Crippen LogP contribution in [-0.2, 0) is 11.3 Å². The van der Waals surface area contributed by atoms with Gasteiger partial charge in [0.2, 0.25) is 0 Å². The summed E-state index contributed by atoms with van der Waals surface area (Å²) >= 11 is 7.65. The molecule has 0 aliphatic carbocycles. The largest absolute Gasteiger partial charge is 0.334 e. The van der Waals surface area contributed by atoms with Crippen molar-refractivity contribution in [2.45, 2.75) is 6.54 Å². The number of thiophene rings is 1. The topological polar surface area (TPSA) is 45.1 Å². The van der Waals surface area contributed by atoms with Gasteiger partial charge in [0.1, 0.15) is 6.54 Å². The summed E-state index contributed by atoms with van der Waals surface area (Å²) in [5.41, 5.74) is 1.05. The van der Waals surface area contributed by atoms with E-state index in [4.69, 9.17) is 11.6 Å². The lowest BCUT2D eigenvalue weighted by Gasteiger charge is -2.34. The lowest BCUT2D eigenvalue weighted by atomic mass is 10.2. The van der Waals surface area contributed by atoms with E-state index in [9.17, 15) is 9.59 Å². The third-order valence-electron chi connectivity index (χ3n) is 4.55. The molecule has 1 aromatic heterocycles. The van der Waals surface area contributed by atoms with Crippen molar-refractivity contribution in [3.63, 3.8) is 0 Å². The van der Waals surface area contributed by atoms with E-state index in [1.54, 1.807) is 0 Å². The lowest BCUT2D eigenvalue weighted by Crippen LogP contribution is -3.09. The van der Waals surface area contributed by atoms with Gasteiger partial charge in [0.05, 0.1) is 11.9 Å². The summed E-state index contributed by atoms with van der Waals surface area (Å²) in [6.07, 6.45) is 0. The van der Waals surface area contributed by atoms with Crippen LogP contribution in [0.2, 0.25) is 5.02 Å². The van der Waals surface area contributed by atoms with E-state index in [2.05, 4.69) is 0 Å². The zero-order valence-corrected chi connectivity index (χ0v) is 16.4. The van der Waals surface area contributed by atoms with E-state index < -0.39 is 0 Å². The van der Waals surface area contributed by atoms with Crippen molar-refractivity contribution < 1.29 is 14.5 Å². The number of rotatable bonds is 5. The van der Waals surface area contributed by atoms with Gasteiger partial charge in [-0.1, -0.05) is 35.9 Å². The minimum atomic E-state index is 0.0635. The number of piperazine rings is 1. The lowest BCUT2D eigenvalue weighted by molar-refractivity contribution is -0.885. The third-order valence-corrected chi connectivity index (χ3v) is 5.78. The van der Waals surface area contributed by atoms with Crippen LogP contribution in [0.4, 0.5) is 0 Å². The highest BCUT2D eigenvalue weighted by Crippen LogP contribution is 2.14. The standard InChI is InChI=1S/C19H22ClN3O2S/c1-21(13-15-5-2-3-6-16(15)20)14-18(24)22-8-10-23(11-9-22)19(25)17-7-4-12-26-17/h2-7,12H,8-11,13-14H2,1H3/p+1. The Morgan fingerprint density at radius 2 is 1.77 bits per heavy atom. The fourth-order valence-corrected chi connectivity index (χ4v) is 4.01. The molecule has 2 aromatic rings. The van der Waals surface area contributed by atoms with Gasteiger partial charge in [-0.05, 0) is 17.5 Å². The fourth-order valence-electron chi connectivity index (χ4n) is 3.11. The monoisotopic (exact) mass is 392 g/mol. The van der Waals surface area contributed by atoms with E-state index in [0.29, 0.717) is 39.3 Å². The van der Waals surface area contributed by atoms with Crippen molar-refractivity contribution in [2.75, 3.05) is 39.8 Å². The van der Waals surface area contributed by atoms with E-state index in [0.717, 1.165) is 20.4 Å². The highest BCUT2D eigenvalue weighted by atomic mass is 35.5. The van der Waals surface area contributed by atoms with Crippen LogP contribution in [0, 0.1) is 0 Å². The number of halogens is 1. The number of carbonyl (C=O) groups is 2. The second-order valence-corrected chi connectivity index (χ2v) is 7.91. The first-order chi connectivity index (χ1) is 12.5. The van der Waals surface area contributed by atoms with E-state index >= 15 is 0 Å². The van der Waals surface area contributed by atoms with Crippen LogP contribution >= 0.6 is 22.9 Å². The SMILES string of the molecule is C[NH+](CC(=O)N1CCN(C(=O)c2cccs2)CC1)Cc1ccccc1Cl. The first kappa shape index (κ1) is 18.9. The highest BCUT2D eigenvalue weighted by molar-refractivity contribution is 7.12. The molecular formula is C19H23ClN3O2S+. The van der Waals surface area contributed by atoms with Crippen molar-refractivity contribution >= 4 is 34.8 Å². The first-order valence-electron chi connectivity index (χ1n) is 8.70. The Morgan fingerprint density at radius 3 is 2.42 bits per heavy atom. The van der Waals surface area contributed by atoms with Crippen LogP contribution in [0.3, 0.4) is 0 Å². The third kappa shape index (κ3) is 4.63. The Morgan fingerprint density at radius 1 is 1.08 bits per heavy atom. The van der Waals surface area contributed by atoms with Gasteiger partial charge < -0.3 is 14.7 Å². The smallest absolute Gasteiger partial charge is 0.277 e. The molecule has 138 valence electrons. The van der Waals surface area contributed by atoms with Gasteiger partial charge in [-0.25, -0.2) is 0 Å². The molecule has 0 bridgehead atoms. The molecule has 7 heteroatoms. The fraction of sp³-hybridized carbons (Fsp3) is 0.368. The number of carbonyl (C=O) groups excluding carboxylic acids is 2. The molecule has 1 aliphatic rings. The number of benzene rings is 1. The number of quaternary nitrogens is 1. The van der Waals surface area contributed by atoms with E-state index in [-0.39, 0.29) is 11.8 Å². The summed E-state index contributed by atoms with van der Waals surface area (Å²) < 4.78 is 0. The Balaban J connectivity index is 1.47. The predicted molar refractivity (Wildman–Crippen MR) is 104 cm³/mol. The van der Waals surface area contributed by atoms with Crippen LogP contribution in [-0.4, -0.2) is 61.4 Å². The Hall–Kier alpha value is -1.89. The van der Waals surface area contributed by atoms with Gasteiger partial charge in [-0.2, -0.15) is 0 Å². The summed E-state index contributed by atoms with van der Waals surface area (Å²) in [6, 6.07) is 11.5. The molecule has 0 saturated carbocycles. The van der Waals surface area contributed by atoms with Crippen LogP contribution in [0.15, 0.2) is 41.8 Å². The molecule has 1 aromatic carbocycles. The molecule has 1 atom stereocenters. The maximum atomic E-state index is 12.6. The number of nitrogens with zero attached hydrogens (tertiary/aromatic N) is 2. The number of nitrogens with one attached hydrogen (secondary N) is 1. The van der Waals surface area contributed by atoms with Gasteiger partial charge in [0, 0.05) is 36.8 Å². The quantitative estimate of drug-likeness (QED) is 0.836. The van der Waals surface area contributed by atoms with Gasteiger partial charge >= 0.3 is 0 Å². The molecule has 1 unspecified atom stereocenters. The van der Waals surface area contributed by atoms with Crippen LogP contribution in [0.1, 0.15) is 15.2 Å². The van der Waals surface area contributed by atoms with Crippen molar-refractivity contribution in [2.24, 2.45) is 0 Å². The van der Waals surface area contributed by atoms with Gasteiger partial charge in [0.25, 0.3) is 11.8 Å². The maximum Gasteiger partial charge on any atom is 0.277 e. The van der Waals surface area contributed by atoms with Gasteiger partial charge in [-0.3, -0.25) is 9.59 Å². The molecule has 0 radical (unpaired) electrons. The van der Waals surface area contributed by atoms with Crippen molar-refractivity contribution in [1.82, 2.24) is 9.80 Å². The Bertz CT molecular complexity index is 758. The van der Waals surface area contributed by atoms with Crippen LogP contribution in [0.25, 0.3) is 0 Å². The molecule has 26 heavy (non-hydrogen) atoms. The Labute approximate surface area is 162 Å². The van der Waals surface area contributed by atoms with Crippen molar-refractivity contribution in [1.29, 1.82) is 0 Å². The summed E-state index contributed by atoms with van der Waals surface area (Å²) in [6.45, 7) is 3.50. The number of hydrogen-bond acceptors (Lipinski definition) is 3. The molecule has 1 fully saturated rings. The molecule has 1 aliphatic heterocycles. The van der Waals surface area contributed by atoms with Gasteiger partial charge in [-0.15, -0.1) is 11.3 Å². The molecule has 5 nitrogen and oxygen atoms in total. The average Bonchev–Trinajstić information content (AvgIpc) is 3.18. The maximum absolute atomic E-state index is 12.6. The summed E-state index contributed by atoms with van der Waals surface area (Å²) in [7, 11) is 2.00.